The van der Waals surface area contributed by atoms with Gasteiger partial charge in [-0.25, -0.2) is 0 Å². The Morgan fingerprint density at radius 1 is 0.875 bits per heavy atom. The molecular weight excluding hydrogens is 494 g/mol. The summed E-state index contributed by atoms with van der Waals surface area (Å²) < 4.78 is 6.21. The Labute approximate surface area is 245 Å². The van der Waals surface area contributed by atoms with Gasteiger partial charge >= 0.3 is 5.97 Å². The maximum Gasteiger partial charge on any atom is 0.312 e. The summed E-state index contributed by atoms with van der Waals surface area (Å²) in [4.78, 5) is 16.6. The average Bonchev–Trinajstić information content (AvgIpc) is 3.56. The molecule has 6 rings (SSSR count). The minimum atomic E-state index is -0.319. The Morgan fingerprint density at radius 3 is 2.30 bits per heavy atom. The second-order valence-corrected chi connectivity index (χ2v) is 16.9. The molecule has 4 nitrogen and oxygen atoms in total. The van der Waals surface area contributed by atoms with Crippen molar-refractivity contribution in [3.63, 3.8) is 0 Å². The zero-order valence-electron chi connectivity index (χ0n) is 26.7. The minimum Gasteiger partial charge on any atom is -0.464 e. The molecule has 0 spiro atoms. The van der Waals surface area contributed by atoms with Crippen molar-refractivity contribution in [2.45, 2.75) is 125 Å². The largest absolute Gasteiger partial charge is 0.464 e. The maximum atomic E-state index is 14.1. The summed E-state index contributed by atoms with van der Waals surface area (Å²) in [6.07, 6.45) is 13.7. The molecular formula is C36H59NO3. The van der Waals surface area contributed by atoms with E-state index in [-0.39, 0.29) is 39.1 Å². The highest BCUT2D eigenvalue weighted by Crippen LogP contribution is 2.77. The molecule has 1 N–H and O–H groups in total. The highest BCUT2D eigenvalue weighted by atomic mass is 16.5. The number of likely N-dealkylation sites (tertiary alicyclic amines) is 1. The van der Waals surface area contributed by atoms with E-state index in [9.17, 15) is 9.90 Å². The van der Waals surface area contributed by atoms with Gasteiger partial charge in [0.2, 0.25) is 0 Å². The standard InChI is InChI=1S/C36H59NO3/c1-24(2)25-12-17-36(31(39)40-23-22-37-20-8-9-21-37)19-18-34(6)26(30(25)36)10-11-28-33(5)15-14-29(38)32(3,4)27(33)13-16-35(28,34)7/h25-30,38H,1,8-23H2,2-7H3. The monoisotopic (exact) mass is 553 g/mol. The summed E-state index contributed by atoms with van der Waals surface area (Å²) in [5.74, 6) is 2.76. The molecule has 0 amide bonds. The van der Waals surface area contributed by atoms with Gasteiger partial charge in [-0.05, 0) is 148 Å². The Hall–Kier alpha value is -0.870. The van der Waals surface area contributed by atoms with E-state index < -0.39 is 0 Å². The highest BCUT2D eigenvalue weighted by Gasteiger charge is 2.72. The molecule has 0 aromatic carbocycles. The third kappa shape index (κ3) is 3.92. The predicted molar refractivity (Wildman–Crippen MR) is 162 cm³/mol. The van der Waals surface area contributed by atoms with E-state index in [1.54, 1.807) is 0 Å². The Morgan fingerprint density at radius 2 is 1.60 bits per heavy atom. The van der Waals surface area contributed by atoms with Gasteiger partial charge in [-0.2, -0.15) is 0 Å². The number of ether oxygens (including phenoxy) is 1. The van der Waals surface area contributed by atoms with Gasteiger partial charge in [-0.3, -0.25) is 9.69 Å². The Kier molecular flexibility index (Phi) is 7.18. The van der Waals surface area contributed by atoms with Crippen LogP contribution in [0, 0.1) is 56.7 Å². The van der Waals surface area contributed by atoms with E-state index in [0.29, 0.717) is 36.2 Å². The zero-order chi connectivity index (χ0) is 28.7. The van der Waals surface area contributed by atoms with Crippen LogP contribution in [-0.4, -0.2) is 48.3 Å². The van der Waals surface area contributed by atoms with Gasteiger partial charge < -0.3 is 9.84 Å². The quantitative estimate of drug-likeness (QED) is 0.281. The average molecular weight is 554 g/mol. The molecule has 6 aliphatic rings. The topological polar surface area (TPSA) is 49.8 Å². The van der Waals surface area contributed by atoms with Crippen LogP contribution >= 0.6 is 0 Å². The van der Waals surface area contributed by atoms with Gasteiger partial charge in [-0.1, -0.05) is 46.8 Å². The number of hydrogen-bond acceptors (Lipinski definition) is 4. The summed E-state index contributed by atoms with van der Waals surface area (Å²) in [7, 11) is 0. The summed E-state index contributed by atoms with van der Waals surface area (Å²) in [5.41, 5.74) is 1.74. The molecule has 0 aromatic heterocycles. The van der Waals surface area contributed by atoms with Crippen molar-refractivity contribution in [1.82, 2.24) is 4.90 Å². The predicted octanol–water partition coefficient (Wildman–Crippen LogP) is 7.64. The number of hydrogen-bond donors (Lipinski definition) is 1. The smallest absolute Gasteiger partial charge is 0.312 e. The van der Waals surface area contributed by atoms with Crippen molar-refractivity contribution in [1.29, 1.82) is 0 Å². The van der Waals surface area contributed by atoms with Crippen LogP contribution < -0.4 is 0 Å². The number of aliphatic hydroxyl groups is 1. The number of esters is 1. The summed E-state index contributed by atoms with van der Waals surface area (Å²) in [6, 6.07) is 0. The molecule has 4 heteroatoms. The van der Waals surface area contributed by atoms with Crippen LogP contribution in [0.4, 0.5) is 0 Å². The second kappa shape index (κ2) is 9.83. The van der Waals surface area contributed by atoms with Gasteiger partial charge in [0.15, 0.2) is 0 Å². The first kappa shape index (κ1) is 29.2. The lowest BCUT2D eigenvalue weighted by molar-refractivity contribution is -0.248. The van der Waals surface area contributed by atoms with E-state index in [1.165, 1.54) is 44.1 Å². The fraction of sp³-hybridized carbons (Fsp3) is 0.917. The van der Waals surface area contributed by atoms with Crippen molar-refractivity contribution < 1.29 is 14.6 Å². The van der Waals surface area contributed by atoms with Crippen LogP contribution in [0.3, 0.4) is 0 Å². The van der Waals surface area contributed by atoms with E-state index in [0.717, 1.165) is 58.2 Å². The van der Waals surface area contributed by atoms with Gasteiger partial charge in [0.1, 0.15) is 6.61 Å². The number of nitrogens with zero attached hydrogens (tertiary/aromatic N) is 1. The summed E-state index contributed by atoms with van der Waals surface area (Å²) in [6.45, 7) is 23.1. The molecule has 10 unspecified atom stereocenters. The lowest BCUT2D eigenvalue weighted by atomic mass is 9.32. The molecule has 1 aliphatic heterocycles. The minimum absolute atomic E-state index is 0.0108. The lowest BCUT2D eigenvalue weighted by Crippen LogP contribution is -2.67. The molecule has 1 saturated heterocycles. The van der Waals surface area contributed by atoms with E-state index >= 15 is 0 Å². The molecule has 0 radical (unpaired) electrons. The van der Waals surface area contributed by atoms with E-state index in [4.69, 9.17) is 4.74 Å². The van der Waals surface area contributed by atoms with Crippen LogP contribution in [0.5, 0.6) is 0 Å². The number of carbonyl (C=O) groups is 1. The first-order valence-electron chi connectivity index (χ1n) is 17.0. The van der Waals surface area contributed by atoms with Gasteiger partial charge in [-0.15, -0.1) is 0 Å². The van der Waals surface area contributed by atoms with Crippen LogP contribution in [0.25, 0.3) is 0 Å². The maximum absolute atomic E-state index is 14.1. The van der Waals surface area contributed by atoms with Crippen LogP contribution in [0.15, 0.2) is 12.2 Å². The molecule has 5 saturated carbocycles. The van der Waals surface area contributed by atoms with Crippen LogP contribution in [0.1, 0.15) is 119 Å². The lowest BCUT2D eigenvalue weighted by Gasteiger charge is -2.72. The molecule has 0 aromatic rings. The molecule has 6 fully saturated rings. The molecule has 1 heterocycles. The molecule has 40 heavy (non-hydrogen) atoms. The molecule has 0 bridgehead atoms. The SMILES string of the molecule is C=C(C)C1CCC2(C(=O)OCCN3CCCC3)CCC3(C)C(CCC4C5(C)CCC(O)C(C)(C)C5CCC43C)C12. The second-order valence-electron chi connectivity index (χ2n) is 16.9. The van der Waals surface area contributed by atoms with Crippen molar-refractivity contribution in [2.24, 2.45) is 56.7 Å². The number of aliphatic hydroxyl groups excluding tert-OH is 1. The first-order chi connectivity index (χ1) is 18.8. The number of rotatable bonds is 5. The third-order valence-corrected chi connectivity index (χ3v) is 15.3. The molecule has 10 atom stereocenters. The van der Waals surface area contributed by atoms with Crippen molar-refractivity contribution in [2.75, 3.05) is 26.2 Å². The van der Waals surface area contributed by atoms with Gasteiger partial charge in [0.05, 0.1) is 11.5 Å². The van der Waals surface area contributed by atoms with Gasteiger partial charge in [0.25, 0.3) is 0 Å². The summed E-state index contributed by atoms with van der Waals surface area (Å²) >= 11 is 0. The van der Waals surface area contributed by atoms with Crippen LogP contribution in [-0.2, 0) is 9.53 Å². The molecule has 5 aliphatic carbocycles. The van der Waals surface area contributed by atoms with Gasteiger partial charge in [0, 0.05) is 6.54 Å². The fourth-order valence-electron chi connectivity index (χ4n) is 12.9. The van der Waals surface area contributed by atoms with Crippen molar-refractivity contribution in [3.05, 3.63) is 12.2 Å². The Balaban J connectivity index is 1.30. The third-order valence-electron chi connectivity index (χ3n) is 15.3. The fourth-order valence-corrected chi connectivity index (χ4v) is 12.9. The summed E-state index contributed by atoms with van der Waals surface area (Å²) in [5, 5.41) is 11.0. The zero-order valence-corrected chi connectivity index (χ0v) is 26.7. The Bertz CT molecular complexity index is 1020. The number of carbonyl (C=O) groups excluding carboxylic acids is 1. The van der Waals surface area contributed by atoms with E-state index in [1.807, 2.05) is 0 Å². The number of fused-ring (bicyclic) bond motifs is 7. The van der Waals surface area contributed by atoms with E-state index in [2.05, 4.69) is 53.0 Å². The van der Waals surface area contributed by atoms with Crippen molar-refractivity contribution in [3.8, 4) is 0 Å². The normalized spacial score (nSPS) is 49.9. The molecule has 226 valence electrons. The van der Waals surface area contributed by atoms with Crippen molar-refractivity contribution >= 4 is 5.97 Å². The first-order valence-corrected chi connectivity index (χ1v) is 17.0. The highest BCUT2D eigenvalue weighted by molar-refractivity contribution is 5.78. The number of allylic oxidation sites excluding steroid dienone is 1. The van der Waals surface area contributed by atoms with Crippen LogP contribution in [0.2, 0.25) is 0 Å².